The highest BCUT2D eigenvalue weighted by atomic mass is 19.1. The van der Waals surface area contributed by atoms with E-state index in [1.54, 1.807) is 7.05 Å². The van der Waals surface area contributed by atoms with E-state index in [1.807, 2.05) is 13.8 Å². The molecule has 1 amide bonds. The maximum absolute atomic E-state index is 13.0. The van der Waals surface area contributed by atoms with E-state index >= 15 is 0 Å². The van der Waals surface area contributed by atoms with Crippen LogP contribution in [0.1, 0.15) is 24.3 Å². The lowest BCUT2D eigenvalue weighted by molar-refractivity contribution is 0.0732. The molecule has 1 aromatic carbocycles. The van der Waals surface area contributed by atoms with Gasteiger partial charge in [0, 0.05) is 19.7 Å². The zero-order chi connectivity index (χ0) is 17.9. The smallest absolute Gasteiger partial charge is 0.274 e. The largest absolute Gasteiger partial charge is 0.340 e. The van der Waals surface area contributed by atoms with Gasteiger partial charge in [0.15, 0.2) is 0 Å². The van der Waals surface area contributed by atoms with Crippen LogP contribution in [0.5, 0.6) is 0 Å². The summed E-state index contributed by atoms with van der Waals surface area (Å²) in [5.41, 5.74) is 5.59. The molecular formula is C17H21FN4O2. The normalized spacial score (nSPS) is 11.4. The molecule has 2 aromatic rings. The summed E-state index contributed by atoms with van der Waals surface area (Å²) >= 11 is 0. The third kappa shape index (κ3) is 4.05. The van der Waals surface area contributed by atoms with Crippen LogP contribution in [0.25, 0.3) is 5.69 Å². The maximum Gasteiger partial charge on any atom is 0.274 e. The topological polar surface area (TPSA) is 81.2 Å². The first kappa shape index (κ1) is 17.8. The van der Waals surface area contributed by atoms with Crippen molar-refractivity contribution in [3.63, 3.8) is 0 Å². The fourth-order valence-corrected chi connectivity index (χ4v) is 2.27. The van der Waals surface area contributed by atoms with Crippen molar-refractivity contribution in [2.24, 2.45) is 11.1 Å². The highest BCUT2D eigenvalue weighted by molar-refractivity contribution is 5.91. The minimum atomic E-state index is -0.414. The minimum Gasteiger partial charge on any atom is -0.340 e. The van der Waals surface area contributed by atoms with Crippen molar-refractivity contribution in [1.82, 2.24) is 14.7 Å². The Balaban J connectivity index is 2.32. The number of carbonyl (C=O) groups excluding carboxylic acids is 1. The van der Waals surface area contributed by atoms with E-state index in [-0.39, 0.29) is 17.0 Å². The third-order valence-electron chi connectivity index (χ3n) is 3.66. The van der Waals surface area contributed by atoms with E-state index in [9.17, 15) is 14.0 Å². The summed E-state index contributed by atoms with van der Waals surface area (Å²) < 4.78 is 14.1. The highest BCUT2D eigenvalue weighted by Crippen LogP contribution is 2.15. The lowest BCUT2D eigenvalue weighted by Gasteiger charge is -2.28. The van der Waals surface area contributed by atoms with Gasteiger partial charge in [-0.1, -0.05) is 13.8 Å². The van der Waals surface area contributed by atoms with Crippen LogP contribution in [0.15, 0.2) is 41.2 Å². The Hall–Kier alpha value is -2.54. The predicted octanol–water partition coefficient (Wildman–Crippen LogP) is 1.43. The first-order valence-corrected chi connectivity index (χ1v) is 7.55. The van der Waals surface area contributed by atoms with Crippen molar-refractivity contribution in [3.05, 3.63) is 58.3 Å². The molecule has 0 atom stereocenters. The summed E-state index contributed by atoms with van der Waals surface area (Å²) in [5.74, 6) is -0.727. The van der Waals surface area contributed by atoms with Crippen LogP contribution in [-0.4, -0.2) is 40.7 Å². The van der Waals surface area contributed by atoms with Crippen LogP contribution in [0.4, 0.5) is 4.39 Å². The number of rotatable bonds is 5. The number of benzene rings is 1. The second-order valence-corrected chi connectivity index (χ2v) is 6.47. The number of nitrogens with two attached hydrogens (primary N) is 1. The van der Waals surface area contributed by atoms with Crippen molar-refractivity contribution in [2.45, 2.75) is 13.8 Å². The molecule has 0 aliphatic carbocycles. The molecule has 0 saturated carbocycles. The Labute approximate surface area is 139 Å². The van der Waals surface area contributed by atoms with Crippen LogP contribution < -0.4 is 11.3 Å². The van der Waals surface area contributed by atoms with Crippen LogP contribution in [0.3, 0.4) is 0 Å². The molecule has 6 nitrogen and oxygen atoms in total. The van der Waals surface area contributed by atoms with Crippen LogP contribution in [-0.2, 0) is 0 Å². The predicted molar refractivity (Wildman–Crippen MR) is 89.6 cm³/mol. The molecule has 1 heterocycles. The lowest BCUT2D eigenvalue weighted by atomic mass is 9.93. The molecule has 0 aliphatic heterocycles. The molecule has 7 heteroatoms. The van der Waals surface area contributed by atoms with Gasteiger partial charge in [0.05, 0.1) is 5.69 Å². The maximum atomic E-state index is 13.0. The number of nitrogens with zero attached hydrogens (tertiary/aromatic N) is 3. The summed E-state index contributed by atoms with van der Waals surface area (Å²) in [6.45, 7) is 4.82. The Kier molecular flexibility index (Phi) is 5.14. The summed E-state index contributed by atoms with van der Waals surface area (Å²) in [5, 5.41) is 4.11. The van der Waals surface area contributed by atoms with Crippen molar-refractivity contribution in [1.29, 1.82) is 0 Å². The van der Waals surface area contributed by atoms with Gasteiger partial charge in [-0.2, -0.15) is 9.78 Å². The Morgan fingerprint density at radius 3 is 2.46 bits per heavy atom. The molecule has 0 unspecified atom stereocenters. The van der Waals surface area contributed by atoms with Crippen molar-refractivity contribution in [3.8, 4) is 5.69 Å². The van der Waals surface area contributed by atoms with Gasteiger partial charge in [-0.15, -0.1) is 0 Å². The summed E-state index contributed by atoms with van der Waals surface area (Å²) in [4.78, 5) is 26.0. The average Bonchev–Trinajstić information content (AvgIpc) is 2.55. The number of halogens is 1. The molecule has 1 aromatic heterocycles. The SMILES string of the molecule is CN(CC(C)(C)CN)C(=O)c1ccc(=O)n(-c2ccc(F)cc2)n1. The molecule has 0 bridgehead atoms. The van der Waals surface area contributed by atoms with Gasteiger partial charge in [0.25, 0.3) is 11.5 Å². The summed E-state index contributed by atoms with van der Waals surface area (Å²) in [6.07, 6.45) is 0. The fourth-order valence-electron chi connectivity index (χ4n) is 2.27. The van der Waals surface area contributed by atoms with Gasteiger partial charge in [-0.3, -0.25) is 9.59 Å². The Bertz CT molecular complexity index is 784. The molecule has 0 radical (unpaired) electrons. The zero-order valence-corrected chi connectivity index (χ0v) is 14.0. The standard InChI is InChI=1S/C17H21FN4O2/c1-17(2,10-19)11-21(3)16(24)14-8-9-15(23)22(20-14)13-6-4-12(18)5-7-13/h4-9H,10-11,19H2,1-3H3. The number of amides is 1. The summed E-state index contributed by atoms with van der Waals surface area (Å²) in [6, 6.07) is 7.97. The first-order valence-electron chi connectivity index (χ1n) is 7.55. The highest BCUT2D eigenvalue weighted by Gasteiger charge is 2.23. The minimum absolute atomic E-state index is 0.134. The molecule has 2 N–H and O–H groups in total. The molecule has 24 heavy (non-hydrogen) atoms. The van der Waals surface area contributed by atoms with Gasteiger partial charge >= 0.3 is 0 Å². The van der Waals surface area contributed by atoms with E-state index in [4.69, 9.17) is 5.73 Å². The first-order chi connectivity index (χ1) is 11.2. The number of aromatic nitrogens is 2. The van der Waals surface area contributed by atoms with Gasteiger partial charge in [0.2, 0.25) is 0 Å². The van der Waals surface area contributed by atoms with Gasteiger partial charge in [-0.05, 0) is 42.3 Å². The molecule has 0 saturated heterocycles. The summed E-state index contributed by atoms with van der Waals surface area (Å²) in [7, 11) is 1.66. The molecule has 0 fully saturated rings. The molecule has 0 spiro atoms. The molecule has 0 aliphatic rings. The second kappa shape index (κ2) is 6.92. The van der Waals surface area contributed by atoms with Crippen LogP contribution in [0.2, 0.25) is 0 Å². The van der Waals surface area contributed by atoms with E-state index in [0.29, 0.717) is 18.8 Å². The van der Waals surface area contributed by atoms with Gasteiger partial charge < -0.3 is 10.6 Å². The Morgan fingerprint density at radius 1 is 1.25 bits per heavy atom. The number of hydrogen-bond donors (Lipinski definition) is 1. The molecule has 2 rings (SSSR count). The van der Waals surface area contributed by atoms with E-state index < -0.39 is 11.4 Å². The fraction of sp³-hybridized carbons (Fsp3) is 0.353. The average molecular weight is 332 g/mol. The van der Waals surface area contributed by atoms with Crippen LogP contribution in [0, 0.1) is 11.2 Å². The van der Waals surface area contributed by atoms with Gasteiger partial charge in [0.1, 0.15) is 11.5 Å². The second-order valence-electron chi connectivity index (χ2n) is 6.47. The van der Waals surface area contributed by atoms with Crippen molar-refractivity contribution in [2.75, 3.05) is 20.1 Å². The van der Waals surface area contributed by atoms with E-state index in [1.165, 1.54) is 41.3 Å². The molecular weight excluding hydrogens is 311 g/mol. The third-order valence-corrected chi connectivity index (χ3v) is 3.66. The Morgan fingerprint density at radius 2 is 1.88 bits per heavy atom. The zero-order valence-electron chi connectivity index (χ0n) is 14.0. The van der Waals surface area contributed by atoms with Crippen molar-refractivity contribution < 1.29 is 9.18 Å². The monoisotopic (exact) mass is 332 g/mol. The lowest BCUT2D eigenvalue weighted by Crippen LogP contribution is -2.40. The molecule has 128 valence electrons. The van der Waals surface area contributed by atoms with Crippen LogP contribution >= 0.6 is 0 Å². The van der Waals surface area contributed by atoms with E-state index in [0.717, 1.165) is 4.68 Å². The van der Waals surface area contributed by atoms with Gasteiger partial charge in [-0.25, -0.2) is 4.39 Å². The quantitative estimate of drug-likeness (QED) is 0.898. The number of carbonyl (C=O) groups is 1. The van der Waals surface area contributed by atoms with Crippen molar-refractivity contribution >= 4 is 5.91 Å². The number of hydrogen-bond acceptors (Lipinski definition) is 4. The van der Waals surface area contributed by atoms with E-state index in [2.05, 4.69) is 5.10 Å².